The summed E-state index contributed by atoms with van der Waals surface area (Å²) < 4.78 is 0. The molecular formula is C10H6ClNOS. The van der Waals surface area contributed by atoms with Gasteiger partial charge in [-0.25, -0.2) is 0 Å². The second-order valence-corrected chi connectivity index (χ2v) is 4.06. The van der Waals surface area contributed by atoms with Gasteiger partial charge in [0.25, 0.3) is 0 Å². The Kier molecular flexibility index (Phi) is 2.61. The maximum Gasteiger partial charge on any atom is 0.160 e. The highest BCUT2D eigenvalue weighted by Gasteiger charge is 2.06. The molecule has 0 radical (unpaired) electrons. The molecule has 0 amide bonds. The number of rotatable bonds is 2. The summed E-state index contributed by atoms with van der Waals surface area (Å²) in [4.78, 5) is 15.5. The lowest BCUT2D eigenvalue weighted by molar-refractivity contribution is 0.112. The number of carbonyl (C=O) groups is 1. The number of aldehydes is 1. The van der Waals surface area contributed by atoms with E-state index >= 15 is 0 Å². The van der Waals surface area contributed by atoms with Gasteiger partial charge in [-0.2, -0.15) is 0 Å². The molecule has 0 saturated heterocycles. The van der Waals surface area contributed by atoms with Gasteiger partial charge in [0.15, 0.2) is 6.29 Å². The fraction of sp³-hybridized carbons (Fsp3) is 0. The molecule has 0 unspecified atom stereocenters. The summed E-state index contributed by atoms with van der Waals surface area (Å²) in [5.74, 6) is 0. The third kappa shape index (κ3) is 1.69. The molecule has 0 fully saturated rings. The molecule has 4 heteroatoms. The molecule has 0 aliphatic heterocycles. The van der Waals surface area contributed by atoms with Crippen LogP contribution < -0.4 is 0 Å². The van der Waals surface area contributed by atoms with Crippen LogP contribution in [0, 0.1) is 0 Å². The molecule has 2 aromatic rings. The van der Waals surface area contributed by atoms with Crippen LogP contribution in [0.2, 0.25) is 5.02 Å². The van der Waals surface area contributed by atoms with Crippen LogP contribution >= 0.6 is 22.9 Å². The molecule has 0 N–H and O–H groups in total. The van der Waals surface area contributed by atoms with E-state index < -0.39 is 0 Å². The van der Waals surface area contributed by atoms with Gasteiger partial charge in [-0.15, -0.1) is 11.3 Å². The largest absolute Gasteiger partial charge is 0.297 e. The maximum atomic E-state index is 10.7. The first-order valence-electron chi connectivity index (χ1n) is 3.96. The maximum absolute atomic E-state index is 10.7. The van der Waals surface area contributed by atoms with Crippen LogP contribution in [0.4, 0.5) is 0 Å². The topological polar surface area (TPSA) is 30.0 Å². The van der Waals surface area contributed by atoms with E-state index in [0.29, 0.717) is 9.90 Å². The van der Waals surface area contributed by atoms with Crippen molar-refractivity contribution in [1.29, 1.82) is 0 Å². The minimum Gasteiger partial charge on any atom is -0.297 e. The van der Waals surface area contributed by atoms with Gasteiger partial charge in [0.1, 0.15) is 0 Å². The fourth-order valence-electron chi connectivity index (χ4n) is 1.18. The second kappa shape index (κ2) is 3.90. The highest BCUT2D eigenvalue weighted by Crippen LogP contribution is 2.26. The first kappa shape index (κ1) is 9.37. The van der Waals surface area contributed by atoms with Crippen molar-refractivity contribution >= 4 is 29.2 Å². The Balaban J connectivity index is 2.54. The minimum atomic E-state index is 0.623. The SMILES string of the molecule is O=Cc1sccc1-c1cc(Cl)ccn1. The first-order chi connectivity index (χ1) is 6.81. The van der Waals surface area contributed by atoms with Crippen LogP contribution in [-0.4, -0.2) is 11.3 Å². The molecule has 0 atom stereocenters. The van der Waals surface area contributed by atoms with Crippen LogP contribution in [0.5, 0.6) is 0 Å². The van der Waals surface area contributed by atoms with E-state index in [1.54, 1.807) is 18.3 Å². The third-order valence-electron chi connectivity index (χ3n) is 1.80. The lowest BCUT2D eigenvalue weighted by Gasteiger charge is -1.98. The molecule has 0 aliphatic rings. The van der Waals surface area contributed by atoms with Crippen LogP contribution in [0.1, 0.15) is 9.67 Å². The highest BCUT2D eigenvalue weighted by molar-refractivity contribution is 7.12. The van der Waals surface area contributed by atoms with E-state index in [4.69, 9.17) is 11.6 Å². The normalized spacial score (nSPS) is 10.1. The molecule has 70 valence electrons. The summed E-state index contributed by atoms with van der Waals surface area (Å²) >= 11 is 7.23. The van der Waals surface area contributed by atoms with Gasteiger partial charge >= 0.3 is 0 Å². The first-order valence-corrected chi connectivity index (χ1v) is 5.21. The molecule has 0 saturated carbocycles. The van der Waals surface area contributed by atoms with Gasteiger partial charge in [0.05, 0.1) is 10.6 Å². The fourth-order valence-corrected chi connectivity index (χ4v) is 2.04. The average molecular weight is 224 g/mol. The molecule has 0 aromatic carbocycles. The van der Waals surface area contributed by atoms with Crippen molar-refractivity contribution in [2.45, 2.75) is 0 Å². The van der Waals surface area contributed by atoms with Gasteiger partial charge in [0, 0.05) is 16.8 Å². The summed E-state index contributed by atoms with van der Waals surface area (Å²) in [6.07, 6.45) is 2.46. The predicted molar refractivity (Wildman–Crippen MR) is 57.9 cm³/mol. The number of thiophene rings is 1. The summed E-state index contributed by atoms with van der Waals surface area (Å²) in [6.45, 7) is 0. The third-order valence-corrected chi connectivity index (χ3v) is 2.88. The van der Waals surface area contributed by atoms with E-state index in [-0.39, 0.29) is 0 Å². The van der Waals surface area contributed by atoms with Gasteiger partial charge in [-0.1, -0.05) is 11.6 Å². The standard InChI is InChI=1S/C10H6ClNOS/c11-7-1-3-12-9(5-7)8-2-4-14-10(8)6-13/h1-6H. The number of carbonyl (C=O) groups excluding carboxylic acids is 1. The Hall–Kier alpha value is -1.19. The highest BCUT2D eigenvalue weighted by atomic mass is 35.5. The van der Waals surface area contributed by atoms with Crippen molar-refractivity contribution in [3.05, 3.63) is 39.7 Å². The molecule has 2 heterocycles. The Morgan fingerprint density at radius 2 is 2.29 bits per heavy atom. The van der Waals surface area contributed by atoms with Crippen LogP contribution in [0.15, 0.2) is 29.8 Å². The number of hydrogen-bond donors (Lipinski definition) is 0. The van der Waals surface area contributed by atoms with Gasteiger partial charge in [-0.05, 0) is 23.6 Å². The lowest BCUT2D eigenvalue weighted by atomic mass is 10.2. The molecule has 2 rings (SSSR count). The Morgan fingerprint density at radius 3 is 3.00 bits per heavy atom. The zero-order chi connectivity index (χ0) is 9.97. The van der Waals surface area contributed by atoms with E-state index in [2.05, 4.69) is 4.98 Å². The number of halogens is 1. The zero-order valence-electron chi connectivity index (χ0n) is 7.11. The molecule has 2 aromatic heterocycles. The van der Waals surface area contributed by atoms with Crippen LogP contribution in [-0.2, 0) is 0 Å². The second-order valence-electron chi connectivity index (χ2n) is 2.68. The van der Waals surface area contributed by atoms with E-state index in [1.165, 1.54) is 11.3 Å². The summed E-state index contributed by atoms with van der Waals surface area (Å²) in [5.41, 5.74) is 1.58. The Labute approximate surface area is 90.2 Å². The lowest BCUT2D eigenvalue weighted by Crippen LogP contribution is -1.84. The summed E-state index contributed by atoms with van der Waals surface area (Å²) in [5, 5.41) is 2.49. The number of hydrogen-bond acceptors (Lipinski definition) is 3. The van der Waals surface area contributed by atoms with Crippen molar-refractivity contribution in [1.82, 2.24) is 4.98 Å². The minimum absolute atomic E-state index is 0.623. The summed E-state index contributed by atoms with van der Waals surface area (Å²) in [6, 6.07) is 5.32. The van der Waals surface area contributed by atoms with E-state index in [1.807, 2.05) is 11.4 Å². The van der Waals surface area contributed by atoms with Gasteiger partial charge in [0.2, 0.25) is 0 Å². The molecule has 2 nitrogen and oxygen atoms in total. The van der Waals surface area contributed by atoms with E-state index in [9.17, 15) is 4.79 Å². The van der Waals surface area contributed by atoms with Gasteiger partial charge in [-0.3, -0.25) is 9.78 Å². The quantitative estimate of drug-likeness (QED) is 0.732. The van der Waals surface area contributed by atoms with E-state index in [0.717, 1.165) is 17.5 Å². The smallest absolute Gasteiger partial charge is 0.160 e. The van der Waals surface area contributed by atoms with Crippen LogP contribution in [0.3, 0.4) is 0 Å². The van der Waals surface area contributed by atoms with Crippen molar-refractivity contribution in [3.63, 3.8) is 0 Å². The summed E-state index contributed by atoms with van der Waals surface area (Å²) in [7, 11) is 0. The number of nitrogens with zero attached hydrogens (tertiary/aromatic N) is 1. The predicted octanol–water partition coefficient (Wildman–Crippen LogP) is 3.28. The Morgan fingerprint density at radius 1 is 1.43 bits per heavy atom. The monoisotopic (exact) mass is 223 g/mol. The Bertz CT molecular complexity index is 467. The molecule has 14 heavy (non-hydrogen) atoms. The number of pyridine rings is 1. The molecule has 0 bridgehead atoms. The van der Waals surface area contributed by atoms with Gasteiger partial charge < -0.3 is 0 Å². The van der Waals surface area contributed by atoms with Crippen molar-refractivity contribution in [3.8, 4) is 11.3 Å². The van der Waals surface area contributed by atoms with Crippen molar-refractivity contribution in [2.75, 3.05) is 0 Å². The average Bonchev–Trinajstić information content (AvgIpc) is 2.65. The molecule has 0 spiro atoms. The van der Waals surface area contributed by atoms with Crippen LogP contribution in [0.25, 0.3) is 11.3 Å². The molecule has 0 aliphatic carbocycles. The molecular weight excluding hydrogens is 218 g/mol. The number of aromatic nitrogens is 1. The zero-order valence-corrected chi connectivity index (χ0v) is 8.68. The van der Waals surface area contributed by atoms with Crippen molar-refractivity contribution in [2.24, 2.45) is 0 Å². The van der Waals surface area contributed by atoms with Crippen molar-refractivity contribution < 1.29 is 4.79 Å².